The lowest BCUT2D eigenvalue weighted by Crippen LogP contribution is -2.00. The molecule has 1 nitrogen and oxygen atoms in total. The van der Waals surface area contributed by atoms with Gasteiger partial charge in [-0.1, -0.05) is 83.4 Å². The van der Waals surface area contributed by atoms with E-state index in [0.717, 1.165) is 30.7 Å². The van der Waals surface area contributed by atoms with Gasteiger partial charge in [0.1, 0.15) is 0 Å². The fraction of sp³-hybridized carbons (Fsp3) is 0.469. The van der Waals surface area contributed by atoms with Crippen LogP contribution >= 0.6 is 0 Å². The largest absolute Gasteiger partial charge is 0.294 e. The van der Waals surface area contributed by atoms with Gasteiger partial charge in [0.15, 0.2) is 5.78 Å². The molecule has 0 aliphatic heterocycles. The summed E-state index contributed by atoms with van der Waals surface area (Å²) in [4.78, 5) is 12.3. The molecule has 0 radical (unpaired) electrons. The highest BCUT2D eigenvalue weighted by Crippen LogP contribution is 2.38. The second kappa shape index (κ2) is 13.3. The van der Waals surface area contributed by atoms with E-state index >= 15 is 0 Å². The summed E-state index contributed by atoms with van der Waals surface area (Å²) in [6, 6.07) is 11.0. The van der Waals surface area contributed by atoms with Crippen LogP contribution in [-0.2, 0) is 12.8 Å². The Hall–Kier alpha value is -2.41. The molecule has 1 aliphatic rings. The molecule has 0 unspecified atom stereocenters. The SMILES string of the molecule is C=CC/C=C(\C)c1ccc(C)c(-c2c(CCCC)ccc3c2CCC3=O)c1.CCC(C)CC. The highest BCUT2D eigenvalue weighted by molar-refractivity contribution is 6.03. The van der Waals surface area contributed by atoms with Gasteiger partial charge in [-0.15, -0.1) is 6.58 Å². The van der Waals surface area contributed by atoms with Crippen LogP contribution in [0.4, 0.5) is 0 Å². The minimum atomic E-state index is 0.296. The topological polar surface area (TPSA) is 17.1 Å². The molecule has 2 aromatic rings. The van der Waals surface area contributed by atoms with Gasteiger partial charge in [0, 0.05) is 12.0 Å². The van der Waals surface area contributed by atoms with Crippen LogP contribution in [0, 0.1) is 12.8 Å². The van der Waals surface area contributed by atoms with Gasteiger partial charge in [0.25, 0.3) is 0 Å². The Balaban J connectivity index is 0.000000569. The molecule has 3 rings (SSSR count). The number of carbonyl (C=O) groups is 1. The summed E-state index contributed by atoms with van der Waals surface area (Å²) >= 11 is 0. The number of ketones is 1. The van der Waals surface area contributed by atoms with Crippen molar-refractivity contribution >= 4 is 11.4 Å². The number of hydrogen-bond acceptors (Lipinski definition) is 1. The molecule has 0 spiro atoms. The number of hydrogen-bond donors (Lipinski definition) is 0. The van der Waals surface area contributed by atoms with Crippen molar-refractivity contribution < 1.29 is 4.79 Å². The van der Waals surface area contributed by atoms with Gasteiger partial charge in [0.05, 0.1) is 0 Å². The number of rotatable bonds is 9. The maximum absolute atomic E-state index is 12.3. The third-order valence-electron chi connectivity index (χ3n) is 7.05. The first-order chi connectivity index (χ1) is 15.9. The number of fused-ring (bicyclic) bond motifs is 1. The highest BCUT2D eigenvalue weighted by atomic mass is 16.1. The molecule has 1 heteroatoms. The van der Waals surface area contributed by atoms with Crippen LogP contribution in [0.15, 0.2) is 49.1 Å². The van der Waals surface area contributed by atoms with Crippen molar-refractivity contribution in [3.05, 3.63) is 76.9 Å². The summed E-state index contributed by atoms with van der Waals surface area (Å²) in [5.41, 5.74) is 10.0. The van der Waals surface area contributed by atoms with E-state index in [4.69, 9.17) is 0 Å². The normalized spacial score (nSPS) is 13.1. The van der Waals surface area contributed by atoms with Crippen molar-refractivity contribution in [2.24, 2.45) is 5.92 Å². The Bertz CT molecular complexity index is 972. The minimum absolute atomic E-state index is 0.296. The maximum atomic E-state index is 12.3. The Kier molecular flexibility index (Phi) is 10.8. The standard InChI is InChI=1S/C26H30O.C6H14/c1-5-7-9-18(3)21-12-11-19(4)24(17-21)26-20(10-8-6-2)13-14-22-23(26)15-16-25(22)27;1-4-6(3)5-2/h5,9,11-14,17H,1,6-8,10,15-16H2,2-4H3;6H,4-5H2,1-3H3/b18-9+;. The van der Waals surface area contributed by atoms with Gasteiger partial charge >= 0.3 is 0 Å². The lowest BCUT2D eigenvalue weighted by atomic mass is 9.86. The fourth-order valence-corrected chi connectivity index (χ4v) is 4.30. The first kappa shape index (κ1) is 26.8. The Morgan fingerprint density at radius 3 is 2.39 bits per heavy atom. The zero-order chi connectivity index (χ0) is 24.4. The number of Topliss-reactive ketones (excluding diaryl/α,β-unsaturated/α-hetero) is 1. The summed E-state index contributed by atoms with van der Waals surface area (Å²) in [6.07, 6.45) is 12.6. The molecule has 0 amide bonds. The van der Waals surface area contributed by atoms with Gasteiger partial charge in [-0.25, -0.2) is 0 Å². The van der Waals surface area contributed by atoms with E-state index in [2.05, 4.69) is 84.5 Å². The average molecular weight is 445 g/mol. The molecule has 33 heavy (non-hydrogen) atoms. The molecule has 178 valence electrons. The predicted octanol–water partition coefficient (Wildman–Crippen LogP) is 9.56. The van der Waals surface area contributed by atoms with Crippen molar-refractivity contribution in [3.8, 4) is 11.1 Å². The van der Waals surface area contributed by atoms with E-state index in [0.29, 0.717) is 12.2 Å². The van der Waals surface area contributed by atoms with Crippen LogP contribution in [0.5, 0.6) is 0 Å². The van der Waals surface area contributed by atoms with E-state index < -0.39 is 0 Å². The molecule has 0 N–H and O–H groups in total. The summed E-state index contributed by atoms with van der Waals surface area (Å²) < 4.78 is 0. The smallest absolute Gasteiger partial charge is 0.163 e. The van der Waals surface area contributed by atoms with Crippen LogP contribution in [0.3, 0.4) is 0 Å². The quantitative estimate of drug-likeness (QED) is 0.352. The van der Waals surface area contributed by atoms with E-state index in [1.54, 1.807) is 0 Å². The monoisotopic (exact) mass is 444 g/mol. The molecule has 0 saturated carbocycles. The summed E-state index contributed by atoms with van der Waals surface area (Å²) in [6.45, 7) is 17.1. The number of unbranched alkanes of at least 4 members (excludes halogenated alkanes) is 1. The van der Waals surface area contributed by atoms with E-state index in [1.807, 2.05) is 6.08 Å². The van der Waals surface area contributed by atoms with Crippen LogP contribution in [0.25, 0.3) is 16.7 Å². The number of benzene rings is 2. The van der Waals surface area contributed by atoms with Crippen LogP contribution in [0.2, 0.25) is 0 Å². The zero-order valence-electron chi connectivity index (χ0n) is 21.9. The minimum Gasteiger partial charge on any atom is -0.294 e. The maximum Gasteiger partial charge on any atom is 0.163 e. The molecule has 0 aromatic heterocycles. The Morgan fingerprint density at radius 1 is 1.06 bits per heavy atom. The highest BCUT2D eigenvalue weighted by Gasteiger charge is 2.25. The number of aryl methyl sites for hydroxylation is 2. The third kappa shape index (κ3) is 7.03. The molecule has 0 saturated heterocycles. The summed E-state index contributed by atoms with van der Waals surface area (Å²) in [5.74, 6) is 1.23. The summed E-state index contributed by atoms with van der Waals surface area (Å²) in [7, 11) is 0. The molecule has 0 bridgehead atoms. The van der Waals surface area contributed by atoms with Crippen molar-refractivity contribution in [1.82, 2.24) is 0 Å². The molecular formula is C32H44O. The third-order valence-corrected chi connectivity index (χ3v) is 7.05. The van der Waals surface area contributed by atoms with Crippen molar-refractivity contribution in [2.75, 3.05) is 0 Å². The lowest BCUT2D eigenvalue weighted by Gasteiger charge is -2.18. The van der Waals surface area contributed by atoms with E-state index in [9.17, 15) is 4.79 Å². The molecular weight excluding hydrogens is 400 g/mol. The zero-order valence-corrected chi connectivity index (χ0v) is 21.9. The average Bonchev–Trinajstić information content (AvgIpc) is 3.21. The fourth-order valence-electron chi connectivity index (χ4n) is 4.30. The first-order valence-electron chi connectivity index (χ1n) is 12.9. The molecule has 0 heterocycles. The predicted molar refractivity (Wildman–Crippen MR) is 146 cm³/mol. The van der Waals surface area contributed by atoms with Crippen molar-refractivity contribution in [1.29, 1.82) is 0 Å². The Labute approximate surface area is 203 Å². The summed E-state index contributed by atoms with van der Waals surface area (Å²) in [5, 5.41) is 0. The molecule has 1 aliphatic carbocycles. The second-order valence-electron chi connectivity index (χ2n) is 9.52. The molecule has 0 fully saturated rings. The molecule has 2 aromatic carbocycles. The number of allylic oxidation sites excluding steroid dienone is 3. The van der Waals surface area contributed by atoms with Crippen LogP contribution in [0.1, 0.15) is 106 Å². The lowest BCUT2D eigenvalue weighted by molar-refractivity contribution is 0.0994. The van der Waals surface area contributed by atoms with Crippen molar-refractivity contribution in [3.63, 3.8) is 0 Å². The first-order valence-corrected chi connectivity index (χ1v) is 12.9. The van der Waals surface area contributed by atoms with Crippen LogP contribution < -0.4 is 0 Å². The number of carbonyl (C=O) groups excluding carboxylic acids is 1. The second-order valence-corrected chi connectivity index (χ2v) is 9.52. The van der Waals surface area contributed by atoms with Crippen molar-refractivity contribution in [2.45, 2.75) is 92.9 Å². The molecule has 0 atom stereocenters. The Morgan fingerprint density at radius 2 is 1.79 bits per heavy atom. The van der Waals surface area contributed by atoms with Gasteiger partial charge in [-0.2, -0.15) is 0 Å². The van der Waals surface area contributed by atoms with E-state index in [1.165, 1.54) is 64.6 Å². The van der Waals surface area contributed by atoms with Gasteiger partial charge in [-0.3, -0.25) is 4.79 Å². The van der Waals surface area contributed by atoms with Crippen LogP contribution in [-0.4, -0.2) is 5.78 Å². The van der Waals surface area contributed by atoms with Gasteiger partial charge < -0.3 is 0 Å². The van der Waals surface area contributed by atoms with Gasteiger partial charge in [0.2, 0.25) is 0 Å². The van der Waals surface area contributed by atoms with E-state index in [-0.39, 0.29) is 0 Å². The van der Waals surface area contributed by atoms with Gasteiger partial charge in [-0.05, 0) is 90.5 Å².